The van der Waals surface area contributed by atoms with Crippen molar-refractivity contribution in [2.45, 2.75) is 32.1 Å². The zero-order valence-electron chi connectivity index (χ0n) is 21.0. The van der Waals surface area contributed by atoms with Gasteiger partial charge in [-0.05, 0) is 30.4 Å². The number of nitrogens with one attached hydrogen (secondary N) is 2. The molecule has 4 aromatic rings. The van der Waals surface area contributed by atoms with Crippen molar-refractivity contribution < 1.29 is 9.59 Å². The topological polar surface area (TPSA) is 96.9 Å². The van der Waals surface area contributed by atoms with Gasteiger partial charge in [-0.25, -0.2) is 9.97 Å². The molecule has 7 nitrogen and oxygen atoms in total. The van der Waals surface area contributed by atoms with E-state index in [9.17, 15) is 9.59 Å². The molecule has 1 amide bonds. The lowest BCUT2D eigenvalue weighted by atomic mass is 9.96. The van der Waals surface area contributed by atoms with E-state index in [0.29, 0.717) is 24.4 Å². The van der Waals surface area contributed by atoms with Crippen molar-refractivity contribution in [3.8, 4) is 11.3 Å². The van der Waals surface area contributed by atoms with Gasteiger partial charge in [0.2, 0.25) is 0 Å². The third-order valence-corrected chi connectivity index (χ3v) is 6.73. The first-order valence-corrected chi connectivity index (χ1v) is 12.3. The summed E-state index contributed by atoms with van der Waals surface area (Å²) in [6.07, 6.45) is 6.22. The third kappa shape index (κ3) is 5.97. The summed E-state index contributed by atoms with van der Waals surface area (Å²) in [4.78, 5) is 38.0. The molecule has 5 rings (SSSR count). The molecule has 1 atom stereocenters. The Morgan fingerprint density at radius 1 is 1.03 bits per heavy atom. The summed E-state index contributed by atoms with van der Waals surface area (Å²) < 4.78 is 0. The number of aromatic nitrogens is 3. The quantitative estimate of drug-likeness (QED) is 0.292. The summed E-state index contributed by atoms with van der Waals surface area (Å²) in [5.74, 6) is 1.52. The number of Topliss-reactive ketones (excluding diaryl/α,β-unsaturated/α-hetero) is 1. The second-order valence-electron chi connectivity index (χ2n) is 9.40. The van der Waals surface area contributed by atoms with E-state index < -0.39 is 0 Å². The summed E-state index contributed by atoms with van der Waals surface area (Å²) in [5, 5.41) is 6.95. The second-order valence-corrected chi connectivity index (χ2v) is 9.40. The molecule has 0 aliphatic heterocycles. The minimum atomic E-state index is -0.126. The number of fused-ring (bicyclic) bond motifs is 1. The van der Waals surface area contributed by atoms with E-state index in [0.717, 1.165) is 39.1 Å². The van der Waals surface area contributed by atoms with Crippen LogP contribution in [0.2, 0.25) is 0 Å². The van der Waals surface area contributed by atoms with Gasteiger partial charge in [0.15, 0.2) is 5.78 Å². The molecule has 1 aliphatic carbocycles. The van der Waals surface area contributed by atoms with E-state index in [1.54, 1.807) is 25.6 Å². The lowest BCUT2D eigenvalue weighted by Gasteiger charge is -2.16. The Balaban J connectivity index is 0.00000320. The molecule has 37 heavy (non-hydrogen) atoms. The zero-order chi connectivity index (χ0) is 25.1. The predicted octanol–water partition coefficient (Wildman–Crippen LogP) is 5.36. The van der Waals surface area contributed by atoms with Gasteiger partial charge in [-0.2, -0.15) is 13.5 Å². The molecule has 0 saturated heterocycles. The fraction of sp³-hybridized carbons (Fsp3) is 0.276. The fourth-order valence-corrected chi connectivity index (χ4v) is 4.44. The number of pyridine rings is 1. The van der Waals surface area contributed by atoms with Crippen LogP contribution in [0.25, 0.3) is 22.2 Å². The number of rotatable bonds is 9. The van der Waals surface area contributed by atoms with Crippen LogP contribution in [0, 0.1) is 5.92 Å². The number of amides is 1. The maximum atomic E-state index is 12.4. The van der Waals surface area contributed by atoms with Crippen molar-refractivity contribution in [3.05, 3.63) is 83.8 Å². The van der Waals surface area contributed by atoms with Crippen LogP contribution in [-0.2, 0) is 0 Å². The number of nitrogens with zero attached hydrogens (tertiary/aromatic N) is 3. The average molecular weight is 514 g/mol. The molecule has 2 aromatic carbocycles. The van der Waals surface area contributed by atoms with Crippen LogP contribution >= 0.6 is 13.5 Å². The molecule has 0 unspecified atom stereocenters. The van der Waals surface area contributed by atoms with Crippen molar-refractivity contribution in [2.75, 3.05) is 18.9 Å². The summed E-state index contributed by atoms with van der Waals surface area (Å²) in [7, 11) is 1.63. The highest BCUT2D eigenvalue weighted by atomic mass is 32.1. The number of hydrogen-bond acceptors (Lipinski definition) is 6. The summed E-state index contributed by atoms with van der Waals surface area (Å²) in [6, 6.07) is 17.3. The summed E-state index contributed by atoms with van der Waals surface area (Å²) >= 11 is 0. The number of carbonyl (C=O) groups excluding carboxylic acids is 2. The van der Waals surface area contributed by atoms with Gasteiger partial charge in [0, 0.05) is 54.7 Å². The molecular weight excluding hydrogens is 482 g/mol. The monoisotopic (exact) mass is 513 g/mol. The molecule has 8 heteroatoms. The molecule has 190 valence electrons. The Morgan fingerprint density at radius 3 is 2.54 bits per heavy atom. The average Bonchev–Trinajstić information content (AvgIpc) is 3.75. The Hall–Kier alpha value is -3.78. The van der Waals surface area contributed by atoms with Gasteiger partial charge in [0.1, 0.15) is 12.1 Å². The van der Waals surface area contributed by atoms with E-state index in [1.807, 2.05) is 48.5 Å². The Bertz CT molecular complexity index is 1420. The first-order chi connectivity index (χ1) is 17.5. The molecular formula is C29H31N5O2S. The number of carbonyl (C=O) groups is 2. The normalized spacial score (nSPS) is 13.5. The van der Waals surface area contributed by atoms with Gasteiger partial charge < -0.3 is 10.6 Å². The smallest absolute Gasteiger partial charge is 0.251 e. The molecule has 2 N–H and O–H groups in total. The number of anilines is 1. The van der Waals surface area contributed by atoms with E-state index >= 15 is 0 Å². The molecule has 0 bridgehead atoms. The van der Waals surface area contributed by atoms with Gasteiger partial charge in [0.25, 0.3) is 5.91 Å². The van der Waals surface area contributed by atoms with Crippen molar-refractivity contribution in [1.29, 1.82) is 0 Å². The maximum absolute atomic E-state index is 12.4. The standard InChI is InChI=1S/C29H29N5O2.H2S/c1-18(22-4-3-5-23-24(29(36)30-2)12-13-31-28(22)23)16-32-27-15-25(33-17-34-27)20-8-10-21(11-9-20)26(35)14-19-6-7-19;/h3-5,8-13,15,17-19H,6-7,14,16H2,1-2H3,(H,30,36)(H,32,33,34);1H2/t18-;/m1./s1. The van der Waals surface area contributed by atoms with Crippen LogP contribution in [0.4, 0.5) is 5.82 Å². The fourth-order valence-electron chi connectivity index (χ4n) is 4.44. The molecule has 1 aliphatic rings. The van der Waals surface area contributed by atoms with E-state index in [1.165, 1.54) is 12.8 Å². The minimum absolute atomic E-state index is 0. The lowest BCUT2D eigenvalue weighted by Crippen LogP contribution is -2.18. The molecule has 0 radical (unpaired) electrons. The summed E-state index contributed by atoms with van der Waals surface area (Å²) in [6.45, 7) is 2.76. The van der Waals surface area contributed by atoms with E-state index in [2.05, 4.69) is 32.5 Å². The van der Waals surface area contributed by atoms with Crippen LogP contribution in [0.1, 0.15) is 58.4 Å². The van der Waals surface area contributed by atoms with Crippen LogP contribution in [-0.4, -0.2) is 40.2 Å². The van der Waals surface area contributed by atoms with Gasteiger partial charge in [-0.15, -0.1) is 0 Å². The van der Waals surface area contributed by atoms with Crippen molar-refractivity contribution in [1.82, 2.24) is 20.3 Å². The van der Waals surface area contributed by atoms with Gasteiger partial charge in [-0.3, -0.25) is 14.6 Å². The predicted molar refractivity (Wildman–Crippen MR) is 152 cm³/mol. The van der Waals surface area contributed by atoms with Crippen LogP contribution < -0.4 is 10.6 Å². The summed E-state index contributed by atoms with van der Waals surface area (Å²) in [5.41, 5.74) is 5.00. The SMILES string of the molecule is CNC(=O)c1ccnc2c([C@H](C)CNc3cc(-c4ccc(C(=O)CC5CC5)cc4)ncn3)cccc12.S. The Labute approximate surface area is 223 Å². The first-order valence-electron chi connectivity index (χ1n) is 12.3. The van der Waals surface area contributed by atoms with Gasteiger partial charge in [0.05, 0.1) is 16.8 Å². The highest BCUT2D eigenvalue weighted by molar-refractivity contribution is 7.59. The first kappa shape index (κ1) is 26.3. The van der Waals surface area contributed by atoms with Crippen molar-refractivity contribution in [3.63, 3.8) is 0 Å². The molecule has 2 aromatic heterocycles. The largest absolute Gasteiger partial charge is 0.369 e. The number of benzene rings is 2. The molecule has 0 spiro atoms. The van der Waals surface area contributed by atoms with Crippen molar-refractivity contribution >= 4 is 41.9 Å². The minimum Gasteiger partial charge on any atom is -0.369 e. The maximum Gasteiger partial charge on any atom is 0.251 e. The Morgan fingerprint density at radius 2 is 1.81 bits per heavy atom. The molecule has 1 saturated carbocycles. The number of ketones is 1. The van der Waals surface area contributed by atoms with Crippen LogP contribution in [0.5, 0.6) is 0 Å². The van der Waals surface area contributed by atoms with E-state index in [4.69, 9.17) is 0 Å². The van der Waals surface area contributed by atoms with E-state index in [-0.39, 0.29) is 31.1 Å². The van der Waals surface area contributed by atoms with Crippen LogP contribution in [0.15, 0.2) is 67.1 Å². The number of para-hydroxylation sites is 1. The second kappa shape index (κ2) is 11.5. The number of hydrogen-bond donors (Lipinski definition) is 2. The van der Waals surface area contributed by atoms with Gasteiger partial charge in [-0.1, -0.05) is 49.4 Å². The highest BCUT2D eigenvalue weighted by Crippen LogP contribution is 2.33. The van der Waals surface area contributed by atoms with Crippen LogP contribution in [0.3, 0.4) is 0 Å². The highest BCUT2D eigenvalue weighted by Gasteiger charge is 2.24. The van der Waals surface area contributed by atoms with Crippen molar-refractivity contribution in [2.24, 2.45) is 5.92 Å². The lowest BCUT2D eigenvalue weighted by molar-refractivity contribution is 0.0960. The third-order valence-electron chi connectivity index (χ3n) is 6.73. The van der Waals surface area contributed by atoms with Gasteiger partial charge >= 0.3 is 0 Å². The Kier molecular flexibility index (Phi) is 8.18. The zero-order valence-corrected chi connectivity index (χ0v) is 22.0. The molecule has 2 heterocycles. The molecule has 1 fully saturated rings.